The number of hydrogen-bond donors (Lipinski definition) is 2. The largest absolute Gasteiger partial charge is 0.393 e. The number of nitrogens with one attached hydrogen (secondary N) is 1. The maximum absolute atomic E-state index is 6.35. The van der Waals surface area contributed by atoms with Crippen molar-refractivity contribution in [1.82, 2.24) is 14.9 Å². The van der Waals surface area contributed by atoms with E-state index in [0.717, 1.165) is 37.4 Å². The van der Waals surface area contributed by atoms with Crippen molar-refractivity contribution in [3.63, 3.8) is 0 Å². The maximum Gasteiger partial charge on any atom is 0.159 e. The molecule has 128 valence electrons. The molecule has 3 N–H and O–H groups in total. The molecule has 1 aromatic heterocycles. The van der Waals surface area contributed by atoms with Crippen LogP contribution in [-0.4, -0.2) is 48.1 Å². The van der Waals surface area contributed by atoms with E-state index in [4.69, 9.17) is 5.73 Å². The fourth-order valence-electron chi connectivity index (χ4n) is 2.99. The summed E-state index contributed by atoms with van der Waals surface area (Å²) in [5.74, 6) is 1.45. The average Bonchev–Trinajstić information content (AvgIpc) is 2.59. The Morgan fingerprint density at radius 2 is 1.88 bits per heavy atom. The first kappa shape index (κ1) is 17.2. The van der Waals surface area contributed by atoms with Crippen molar-refractivity contribution in [2.24, 2.45) is 0 Å². The van der Waals surface area contributed by atoms with Gasteiger partial charge in [0.1, 0.15) is 12.0 Å². The Balaban J connectivity index is 1.78. The van der Waals surface area contributed by atoms with E-state index < -0.39 is 0 Å². The molecule has 6 nitrogen and oxygen atoms in total. The molecule has 24 heavy (non-hydrogen) atoms. The smallest absolute Gasteiger partial charge is 0.159 e. The van der Waals surface area contributed by atoms with Crippen LogP contribution in [0.5, 0.6) is 0 Å². The van der Waals surface area contributed by atoms with Gasteiger partial charge in [0.15, 0.2) is 11.6 Å². The summed E-state index contributed by atoms with van der Waals surface area (Å²) in [6, 6.07) is 8.59. The van der Waals surface area contributed by atoms with Crippen LogP contribution in [0, 0.1) is 3.57 Å². The first-order valence-electron chi connectivity index (χ1n) is 8.09. The molecule has 0 aliphatic carbocycles. The van der Waals surface area contributed by atoms with Crippen molar-refractivity contribution in [3.8, 4) is 0 Å². The van der Waals surface area contributed by atoms with Crippen LogP contribution in [0.25, 0.3) is 0 Å². The molecule has 0 saturated carbocycles. The first-order valence-corrected chi connectivity index (χ1v) is 9.17. The lowest BCUT2D eigenvalue weighted by Crippen LogP contribution is -2.42. The minimum Gasteiger partial charge on any atom is -0.393 e. The number of nitrogens with zero attached hydrogens (tertiary/aromatic N) is 4. The zero-order valence-electron chi connectivity index (χ0n) is 14.0. The highest BCUT2D eigenvalue weighted by Gasteiger charge is 2.23. The second-order valence-corrected chi connectivity index (χ2v) is 7.48. The van der Waals surface area contributed by atoms with Gasteiger partial charge in [0.25, 0.3) is 0 Å². The van der Waals surface area contributed by atoms with E-state index in [2.05, 4.69) is 61.8 Å². The summed E-state index contributed by atoms with van der Waals surface area (Å²) in [6.07, 6.45) is 3.82. The molecule has 0 atom stereocenters. The predicted molar refractivity (Wildman–Crippen MR) is 108 cm³/mol. The molecular formula is C17H23IN6. The normalized spacial score (nSPS) is 16.1. The predicted octanol–water partition coefficient (Wildman–Crippen LogP) is 2.94. The fraction of sp³-hybridized carbons (Fsp3) is 0.412. The van der Waals surface area contributed by atoms with Gasteiger partial charge < -0.3 is 20.9 Å². The van der Waals surface area contributed by atoms with Gasteiger partial charge in [-0.1, -0.05) is 0 Å². The van der Waals surface area contributed by atoms with Gasteiger partial charge in [-0.2, -0.15) is 0 Å². The van der Waals surface area contributed by atoms with E-state index in [0.29, 0.717) is 17.5 Å². The average molecular weight is 438 g/mol. The Bertz CT molecular complexity index is 682. The number of nitrogens with two attached hydrogens (primary N) is 1. The lowest BCUT2D eigenvalue weighted by atomic mass is 10.0. The van der Waals surface area contributed by atoms with Crippen LogP contribution >= 0.6 is 22.6 Å². The van der Waals surface area contributed by atoms with E-state index in [-0.39, 0.29) is 0 Å². The lowest BCUT2D eigenvalue weighted by Gasteiger charge is -2.36. The maximum atomic E-state index is 6.35. The van der Waals surface area contributed by atoms with Crippen molar-refractivity contribution in [2.45, 2.75) is 18.9 Å². The number of nitrogen functional groups attached to an aromatic ring is 1. The van der Waals surface area contributed by atoms with E-state index in [1.165, 1.54) is 3.57 Å². The van der Waals surface area contributed by atoms with Crippen molar-refractivity contribution in [1.29, 1.82) is 0 Å². The van der Waals surface area contributed by atoms with Gasteiger partial charge in [-0.25, -0.2) is 9.97 Å². The van der Waals surface area contributed by atoms with Gasteiger partial charge in [-0.15, -0.1) is 0 Å². The van der Waals surface area contributed by atoms with Crippen molar-refractivity contribution < 1.29 is 0 Å². The van der Waals surface area contributed by atoms with Crippen LogP contribution in [0.3, 0.4) is 0 Å². The SMILES string of the molecule is CN1CCC(N(C)c2ncnc(Nc3ccc(I)cc3)c2N)CC1. The van der Waals surface area contributed by atoms with Gasteiger partial charge >= 0.3 is 0 Å². The minimum atomic E-state index is 0.463. The standard InChI is InChI=1S/C17H23IN6/c1-23-9-7-14(8-10-23)24(2)17-15(19)16(20-11-21-17)22-13-5-3-12(18)4-6-13/h3-6,11,14H,7-10,19H2,1-2H3,(H,20,21,22). The Hall–Kier alpha value is -1.61. The van der Waals surface area contributed by atoms with Crippen LogP contribution in [-0.2, 0) is 0 Å². The third-order valence-electron chi connectivity index (χ3n) is 4.54. The molecule has 2 aromatic rings. The van der Waals surface area contributed by atoms with Crippen LogP contribution in [0.2, 0.25) is 0 Å². The van der Waals surface area contributed by atoms with E-state index in [1.54, 1.807) is 6.33 Å². The monoisotopic (exact) mass is 438 g/mol. The van der Waals surface area contributed by atoms with Gasteiger partial charge in [-0.3, -0.25) is 0 Å². The lowest BCUT2D eigenvalue weighted by molar-refractivity contribution is 0.252. The highest BCUT2D eigenvalue weighted by Crippen LogP contribution is 2.30. The first-order chi connectivity index (χ1) is 11.5. The molecule has 0 unspecified atom stereocenters. The van der Waals surface area contributed by atoms with Crippen LogP contribution in [0.4, 0.5) is 23.0 Å². The second kappa shape index (κ2) is 7.52. The molecule has 1 aliphatic rings. The fourth-order valence-corrected chi connectivity index (χ4v) is 3.35. The molecule has 1 fully saturated rings. The number of rotatable bonds is 4. The zero-order chi connectivity index (χ0) is 17.1. The van der Waals surface area contributed by atoms with Crippen LogP contribution in [0.15, 0.2) is 30.6 Å². The summed E-state index contributed by atoms with van der Waals surface area (Å²) in [6.45, 7) is 2.21. The Morgan fingerprint density at radius 1 is 1.21 bits per heavy atom. The van der Waals surface area contributed by atoms with Crippen LogP contribution < -0.4 is 16.0 Å². The second-order valence-electron chi connectivity index (χ2n) is 6.24. The number of anilines is 4. The topological polar surface area (TPSA) is 70.3 Å². The van der Waals surface area contributed by atoms with Crippen molar-refractivity contribution in [2.75, 3.05) is 43.1 Å². The summed E-state index contributed by atoms with van der Waals surface area (Å²) < 4.78 is 1.19. The highest BCUT2D eigenvalue weighted by molar-refractivity contribution is 14.1. The van der Waals surface area contributed by atoms with Crippen molar-refractivity contribution in [3.05, 3.63) is 34.2 Å². The number of aromatic nitrogens is 2. The van der Waals surface area contributed by atoms with E-state index in [9.17, 15) is 0 Å². The highest BCUT2D eigenvalue weighted by atomic mass is 127. The molecule has 0 spiro atoms. The molecule has 0 radical (unpaired) electrons. The van der Waals surface area contributed by atoms with E-state index >= 15 is 0 Å². The summed E-state index contributed by atoms with van der Waals surface area (Å²) in [7, 11) is 4.24. The molecular weight excluding hydrogens is 415 g/mol. The number of halogens is 1. The van der Waals surface area contributed by atoms with Gasteiger partial charge in [0.05, 0.1) is 0 Å². The summed E-state index contributed by atoms with van der Waals surface area (Å²) in [4.78, 5) is 13.3. The number of hydrogen-bond acceptors (Lipinski definition) is 6. The zero-order valence-corrected chi connectivity index (χ0v) is 16.2. The van der Waals surface area contributed by atoms with Gasteiger partial charge in [-0.05, 0) is 79.8 Å². The molecule has 1 saturated heterocycles. The number of benzene rings is 1. The molecule has 3 rings (SSSR count). The van der Waals surface area contributed by atoms with Crippen molar-refractivity contribution >= 4 is 45.6 Å². The van der Waals surface area contributed by atoms with Gasteiger partial charge in [0, 0.05) is 22.3 Å². The summed E-state index contributed by atoms with van der Waals surface area (Å²) >= 11 is 2.29. The molecule has 2 heterocycles. The number of likely N-dealkylation sites (tertiary alicyclic amines) is 1. The number of piperidine rings is 1. The molecule has 0 amide bonds. The Labute approximate surface area is 156 Å². The molecule has 7 heteroatoms. The summed E-state index contributed by atoms with van der Waals surface area (Å²) in [5, 5.41) is 3.29. The van der Waals surface area contributed by atoms with Crippen LogP contribution in [0.1, 0.15) is 12.8 Å². The molecule has 1 aromatic carbocycles. The Kier molecular flexibility index (Phi) is 5.40. The molecule has 0 bridgehead atoms. The van der Waals surface area contributed by atoms with E-state index in [1.807, 2.05) is 24.3 Å². The third-order valence-corrected chi connectivity index (χ3v) is 5.26. The minimum absolute atomic E-state index is 0.463. The third kappa shape index (κ3) is 3.89. The summed E-state index contributed by atoms with van der Waals surface area (Å²) in [5.41, 5.74) is 7.92. The Morgan fingerprint density at radius 3 is 2.54 bits per heavy atom. The molecule has 1 aliphatic heterocycles. The quantitative estimate of drug-likeness (QED) is 0.716. The van der Waals surface area contributed by atoms with Gasteiger partial charge in [0.2, 0.25) is 0 Å².